The molecule has 1 saturated carbocycles. The first kappa shape index (κ1) is 8.05. The highest BCUT2D eigenvalue weighted by Crippen LogP contribution is 2.37. The highest BCUT2D eigenvalue weighted by atomic mass is 16.5. The van der Waals surface area contributed by atoms with Crippen LogP contribution >= 0.6 is 0 Å². The van der Waals surface area contributed by atoms with Gasteiger partial charge >= 0.3 is 5.97 Å². The largest absolute Gasteiger partial charge is 0.481 e. The summed E-state index contributed by atoms with van der Waals surface area (Å²) in [7, 11) is 0. The van der Waals surface area contributed by atoms with E-state index >= 15 is 0 Å². The number of carboxylic acids is 1. The van der Waals surface area contributed by atoms with Gasteiger partial charge in [-0.3, -0.25) is 4.79 Å². The highest BCUT2D eigenvalue weighted by molar-refractivity contribution is 5.70. The summed E-state index contributed by atoms with van der Waals surface area (Å²) in [5.74, 6) is -0.201. The van der Waals surface area contributed by atoms with E-state index in [4.69, 9.17) is 9.84 Å². The second-order valence-corrected chi connectivity index (χ2v) is 3.81. The molecule has 1 aliphatic carbocycles. The summed E-state index contributed by atoms with van der Waals surface area (Å²) < 4.78 is 5.49. The van der Waals surface area contributed by atoms with E-state index in [-0.39, 0.29) is 5.92 Å². The highest BCUT2D eigenvalue weighted by Gasteiger charge is 2.37. The molecule has 0 aromatic heterocycles. The van der Waals surface area contributed by atoms with Gasteiger partial charge in [0, 0.05) is 6.61 Å². The summed E-state index contributed by atoms with van der Waals surface area (Å²) in [5.41, 5.74) is 0. The summed E-state index contributed by atoms with van der Waals surface area (Å²) in [4.78, 5) is 10.7. The van der Waals surface area contributed by atoms with Crippen LogP contribution in [-0.4, -0.2) is 23.8 Å². The van der Waals surface area contributed by atoms with Gasteiger partial charge in [-0.2, -0.15) is 0 Å². The van der Waals surface area contributed by atoms with Gasteiger partial charge in [0.25, 0.3) is 0 Å². The SMILES string of the molecule is O=C(O)[C@@H]1CC[C@@H]2OCC[C@@H]2C1. The van der Waals surface area contributed by atoms with Crippen molar-refractivity contribution >= 4 is 5.97 Å². The number of rotatable bonds is 1. The normalized spacial score (nSPS) is 40.8. The van der Waals surface area contributed by atoms with Gasteiger partial charge in [0.2, 0.25) is 0 Å². The molecular formula is C9H14O3. The fraction of sp³-hybridized carbons (Fsp3) is 0.889. The van der Waals surface area contributed by atoms with Crippen LogP contribution in [-0.2, 0) is 9.53 Å². The zero-order valence-corrected chi connectivity index (χ0v) is 7.03. The van der Waals surface area contributed by atoms with E-state index in [9.17, 15) is 4.79 Å². The molecule has 3 atom stereocenters. The molecule has 1 aliphatic heterocycles. The second-order valence-electron chi connectivity index (χ2n) is 3.81. The summed E-state index contributed by atoms with van der Waals surface area (Å²) in [6.07, 6.45) is 4.02. The van der Waals surface area contributed by atoms with E-state index in [0.717, 1.165) is 32.3 Å². The van der Waals surface area contributed by atoms with Crippen LogP contribution in [0.3, 0.4) is 0 Å². The van der Waals surface area contributed by atoms with Gasteiger partial charge in [-0.15, -0.1) is 0 Å². The Morgan fingerprint density at radius 1 is 1.33 bits per heavy atom. The molecule has 68 valence electrons. The van der Waals surface area contributed by atoms with Crippen molar-refractivity contribution in [3.05, 3.63) is 0 Å². The molecule has 12 heavy (non-hydrogen) atoms. The molecule has 0 spiro atoms. The number of aliphatic carboxylic acids is 1. The Morgan fingerprint density at radius 3 is 2.92 bits per heavy atom. The van der Waals surface area contributed by atoms with Crippen molar-refractivity contribution in [3.63, 3.8) is 0 Å². The maximum Gasteiger partial charge on any atom is 0.306 e. The minimum atomic E-state index is -0.625. The molecular weight excluding hydrogens is 156 g/mol. The van der Waals surface area contributed by atoms with Crippen LogP contribution in [0.1, 0.15) is 25.7 Å². The first-order valence-electron chi connectivity index (χ1n) is 4.62. The van der Waals surface area contributed by atoms with Crippen molar-refractivity contribution < 1.29 is 14.6 Å². The summed E-state index contributed by atoms with van der Waals surface area (Å²) >= 11 is 0. The van der Waals surface area contributed by atoms with Gasteiger partial charge in [-0.25, -0.2) is 0 Å². The lowest BCUT2D eigenvalue weighted by atomic mass is 9.79. The van der Waals surface area contributed by atoms with Crippen LogP contribution in [0, 0.1) is 11.8 Å². The molecule has 2 aliphatic rings. The van der Waals surface area contributed by atoms with Crippen molar-refractivity contribution in [3.8, 4) is 0 Å². The Morgan fingerprint density at radius 2 is 2.17 bits per heavy atom. The summed E-state index contributed by atoms with van der Waals surface area (Å²) in [5, 5.41) is 8.82. The first-order valence-corrected chi connectivity index (χ1v) is 4.62. The molecule has 3 nitrogen and oxygen atoms in total. The molecule has 0 bridgehead atoms. The summed E-state index contributed by atoms with van der Waals surface area (Å²) in [6, 6.07) is 0. The number of fused-ring (bicyclic) bond motifs is 1. The van der Waals surface area contributed by atoms with E-state index in [2.05, 4.69) is 0 Å². The quantitative estimate of drug-likeness (QED) is 0.644. The molecule has 0 radical (unpaired) electrons. The van der Waals surface area contributed by atoms with Crippen molar-refractivity contribution in [1.29, 1.82) is 0 Å². The fourth-order valence-corrected chi connectivity index (χ4v) is 2.35. The Balaban J connectivity index is 1.96. The molecule has 1 heterocycles. The lowest BCUT2D eigenvalue weighted by Crippen LogP contribution is -2.29. The molecule has 3 heteroatoms. The molecule has 1 N–H and O–H groups in total. The zero-order chi connectivity index (χ0) is 8.55. The van der Waals surface area contributed by atoms with E-state index in [1.165, 1.54) is 0 Å². The number of hydrogen-bond donors (Lipinski definition) is 1. The van der Waals surface area contributed by atoms with Gasteiger partial charge in [0.1, 0.15) is 0 Å². The van der Waals surface area contributed by atoms with Crippen LogP contribution in [0.15, 0.2) is 0 Å². The molecule has 0 unspecified atom stereocenters. The smallest absolute Gasteiger partial charge is 0.306 e. The molecule has 0 aromatic rings. The number of ether oxygens (including phenoxy) is 1. The fourth-order valence-electron chi connectivity index (χ4n) is 2.35. The van der Waals surface area contributed by atoms with Crippen LogP contribution in [0.4, 0.5) is 0 Å². The predicted octanol–water partition coefficient (Wildman–Crippen LogP) is 1.28. The van der Waals surface area contributed by atoms with Gasteiger partial charge in [0.05, 0.1) is 12.0 Å². The van der Waals surface area contributed by atoms with Crippen molar-refractivity contribution in [2.24, 2.45) is 11.8 Å². The van der Waals surface area contributed by atoms with E-state index < -0.39 is 5.97 Å². The van der Waals surface area contributed by atoms with Gasteiger partial charge in [-0.1, -0.05) is 0 Å². The third kappa shape index (κ3) is 1.33. The maximum absolute atomic E-state index is 10.7. The Labute approximate surface area is 71.7 Å². The Kier molecular flexibility index (Phi) is 2.05. The van der Waals surface area contributed by atoms with Crippen LogP contribution in [0.5, 0.6) is 0 Å². The standard InChI is InChI=1S/C9H14O3/c10-9(11)7-1-2-8-6(5-7)3-4-12-8/h6-8H,1-5H2,(H,10,11)/t6-,7-,8+/m1/s1. The molecule has 0 amide bonds. The number of carbonyl (C=O) groups is 1. The van der Waals surface area contributed by atoms with Crippen LogP contribution in [0.2, 0.25) is 0 Å². The first-order chi connectivity index (χ1) is 5.77. The molecule has 1 saturated heterocycles. The lowest BCUT2D eigenvalue weighted by molar-refractivity contribution is -0.144. The molecule has 2 rings (SSSR count). The third-order valence-electron chi connectivity index (χ3n) is 3.08. The van der Waals surface area contributed by atoms with E-state index in [1.54, 1.807) is 0 Å². The van der Waals surface area contributed by atoms with E-state index in [0.29, 0.717) is 12.0 Å². The van der Waals surface area contributed by atoms with Gasteiger partial charge in [-0.05, 0) is 31.6 Å². The third-order valence-corrected chi connectivity index (χ3v) is 3.08. The van der Waals surface area contributed by atoms with Crippen LogP contribution < -0.4 is 0 Å². The molecule has 0 aromatic carbocycles. The van der Waals surface area contributed by atoms with Gasteiger partial charge in [0.15, 0.2) is 0 Å². The topological polar surface area (TPSA) is 46.5 Å². The minimum Gasteiger partial charge on any atom is -0.481 e. The van der Waals surface area contributed by atoms with Crippen molar-refractivity contribution in [2.45, 2.75) is 31.8 Å². The van der Waals surface area contributed by atoms with E-state index in [1.807, 2.05) is 0 Å². The monoisotopic (exact) mass is 170 g/mol. The average Bonchev–Trinajstić information content (AvgIpc) is 2.49. The van der Waals surface area contributed by atoms with Crippen molar-refractivity contribution in [2.75, 3.05) is 6.61 Å². The second kappa shape index (κ2) is 3.05. The number of carboxylic acid groups (broad SMARTS) is 1. The van der Waals surface area contributed by atoms with Crippen LogP contribution in [0.25, 0.3) is 0 Å². The average molecular weight is 170 g/mol. The predicted molar refractivity (Wildman–Crippen MR) is 42.8 cm³/mol. The maximum atomic E-state index is 10.7. The Hall–Kier alpha value is -0.570. The van der Waals surface area contributed by atoms with Crippen molar-refractivity contribution in [1.82, 2.24) is 0 Å². The lowest BCUT2D eigenvalue weighted by Gasteiger charge is -2.28. The zero-order valence-electron chi connectivity index (χ0n) is 7.03. The van der Waals surface area contributed by atoms with Gasteiger partial charge < -0.3 is 9.84 Å². The summed E-state index contributed by atoms with van der Waals surface area (Å²) in [6.45, 7) is 0.835. The number of hydrogen-bond acceptors (Lipinski definition) is 2. The minimum absolute atomic E-state index is 0.104. The molecule has 2 fully saturated rings. The Bertz CT molecular complexity index is 190.